The molecule has 106 valence electrons. The first kappa shape index (κ1) is 14.5. The maximum atomic E-state index is 12.3. The minimum absolute atomic E-state index is 0.0760. The molecule has 1 aliphatic heterocycles. The van der Waals surface area contributed by atoms with E-state index in [0.29, 0.717) is 10.9 Å². The van der Waals surface area contributed by atoms with Gasteiger partial charge in [0.05, 0.1) is 5.02 Å². The van der Waals surface area contributed by atoms with Gasteiger partial charge in [0.15, 0.2) is 0 Å². The Morgan fingerprint density at radius 1 is 1.37 bits per heavy atom. The molecule has 1 aliphatic rings. The van der Waals surface area contributed by atoms with E-state index >= 15 is 0 Å². The fourth-order valence-corrected chi connectivity index (χ4v) is 2.92. The maximum Gasteiger partial charge on any atom is 0.387 e. The number of halogens is 3. The van der Waals surface area contributed by atoms with Crippen LogP contribution in [0, 0.1) is 0 Å². The average molecular weight is 290 g/mol. The molecule has 0 unspecified atom stereocenters. The van der Waals surface area contributed by atoms with Crippen LogP contribution in [0.25, 0.3) is 0 Å². The third-order valence-electron chi connectivity index (χ3n) is 3.68. The van der Waals surface area contributed by atoms with Crippen LogP contribution in [-0.4, -0.2) is 31.1 Å². The summed E-state index contributed by atoms with van der Waals surface area (Å²) in [4.78, 5) is 2.38. The Labute approximate surface area is 117 Å². The summed E-state index contributed by atoms with van der Waals surface area (Å²) in [6.07, 6.45) is 2.01. The van der Waals surface area contributed by atoms with Crippen LogP contribution in [0.4, 0.5) is 8.78 Å². The summed E-state index contributed by atoms with van der Waals surface area (Å²) >= 11 is 6.18. The zero-order valence-electron chi connectivity index (χ0n) is 10.9. The fourth-order valence-electron chi connectivity index (χ4n) is 2.59. The largest absolute Gasteiger partial charge is 0.433 e. The van der Waals surface area contributed by atoms with Crippen LogP contribution in [0.3, 0.4) is 0 Å². The number of ether oxygens (including phenoxy) is 1. The molecule has 1 heterocycles. The number of hydrogen-bond donors (Lipinski definition) is 0. The average Bonchev–Trinajstić information content (AvgIpc) is 2.41. The molecule has 0 amide bonds. The van der Waals surface area contributed by atoms with Crippen LogP contribution in [0.1, 0.15) is 31.2 Å². The first-order valence-corrected chi connectivity index (χ1v) is 6.95. The monoisotopic (exact) mass is 289 g/mol. The standard InChI is InChI=1S/C14H18ClF2NO/c1-2-18-8-6-10(7-9-18)11-4-3-5-12(13(11)15)19-14(16)17/h3-5,10,14H,2,6-9H2,1H3. The van der Waals surface area contributed by atoms with Crippen LogP contribution in [0.5, 0.6) is 5.75 Å². The third-order valence-corrected chi connectivity index (χ3v) is 4.09. The summed E-state index contributed by atoms with van der Waals surface area (Å²) in [6, 6.07) is 5.12. The van der Waals surface area contributed by atoms with E-state index in [-0.39, 0.29) is 5.75 Å². The Morgan fingerprint density at radius 3 is 2.63 bits per heavy atom. The molecule has 0 radical (unpaired) electrons. The molecule has 1 aromatic carbocycles. The Morgan fingerprint density at radius 2 is 2.05 bits per heavy atom. The quantitative estimate of drug-likeness (QED) is 0.826. The number of likely N-dealkylation sites (tertiary alicyclic amines) is 1. The molecular formula is C14H18ClF2NO. The lowest BCUT2D eigenvalue weighted by Crippen LogP contribution is -2.32. The molecule has 0 spiro atoms. The van der Waals surface area contributed by atoms with Gasteiger partial charge in [-0.2, -0.15) is 8.78 Å². The van der Waals surface area contributed by atoms with Gasteiger partial charge >= 0.3 is 6.61 Å². The molecule has 1 aromatic rings. The second-order valence-corrected chi connectivity index (χ2v) is 5.12. The minimum atomic E-state index is -2.84. The molecule has 0 N–H and O–H groups in total. The number of nitrogens with zero attached hydrogens (tertiary/aromatic N) is 1. The van der Waals surface area contributed by atoms with Crippen molar-refractivity contribution in [1.29, 1.82) is 0 Å². The molecule has 0 atom stereocenters. The van der Waals surface area contributed by atoms with Gasteiger partial charge in [-0.25, -0.2) is 0 Å². The predicted octanol–water partition coefficient (Wildman–Crippen LogP) is 4.14. The highest BCUT2D eigenvalue weighted by Crippen LogP contribution is 2.38. The first-order valence-electron chi connectivity index (χ1n) is 6.57. The summed E-state index contributed by atoms with van der Waals surface area (Å²) in [6.45, 7) is 2.41. The smallest absolute Gasteiger partial charge is 0.387 e. The van der Waals surface area contributed by atoms with Crippen molar-refractivity contribution >= 4 is 11.6 Å². The van der Waals surface area contributed by atoms with Crippen molar-refractivity contribution in [1.82, 2.24) is 4.90 Å². The summed E-state index contributed by atoms with van der Waals surface area (Å²) in [5.74, 6) is 0.406. The normalized spacial score (nSPS) is 17.9. The zero-order chi connectivity index (χ0) is 13.8. The van der Waals surface area contributed by atoms with Crippen LogP contribution < -0.4 is 4.74 Å². The number of alkyl halides is 2. The van der Waals surface area contributed by atoms with E-state index in [2.05, 4.69) is 16.6 Å². The summed E-state index contributed by atoms with van der Waals surface area (Å²) < 4.78 is 29.0. The van der Waals surface area contributed by atoms with Crippen molar-refractivity contribution in [2.45, 2.75) is 32.3 Å². The van der Waals surface area contributed by atoms with Gasteiger partial charge in [-0.05, 0) is 50.0 Å². The summed E-state index contributed by atoms with van der Waals surface area (Å²) in [5.41, 5.74) is 0.926. The number of benzene rings is 1. The second kappa shape index (κ2) is 6.53. The van der Waals surface area contributed by atoms with Crippen LogP contribution in [-0.2, 0) is 0 Å². The van der Waals surface area contributed by atoms with Crippen molar-refractivity contribution in [2.75, 3.05) is 19.6 Å². The van der Waals surface area contributed by atoms with E-state index in [1.807, 2.05) is 6.07 Å². The van der Waals surface area contributed by atoms with Crippen molar-refractivity contribution in [3.8, 4) is 5.75 Å². The molecular weight excluding hydrogens is 272 g/mol. The third kappa shape index (κ3) is 3.57. The van der Waals surface area contributed by atoms with Gasteiger partial charge in [-0.3, -0.25) is 0 Å². The summed E-state index contributed by atoms with van der Waals surface area (Å²) in [7, 11) is 0. The highest BCUT2D eigenvalue weighted by atomic mass is 35.5. The molecule has 5 heteroatoms. The predicted molar refractivity (Wildman–Crippen MR) is 72.2 cm³/mol. The summed E-state index contributed by atoms with van der Waals surface area (Å²) in [5, 5.41) is 0.331. The number of piperidine rings is 1. The lowest BCUT2D eigenvalue weighted by atomic mass is 9.89. The molecule has 1 saturated heterocycles. The first-order chi connectivity index (χ1) is 9.11. The van der Waals surface area contributed by atoms with E-state index in [1.54, 1.807) is 6.07 Å². The molecule has 2 nitrogen and oxygen atoms in total. The van der Waals surface area contributed by atoms with E-state index < -0.39 is 6.61 Å². The second-order valence-electron chi connectivity index (χ2n) is 4.75. The van der Waals surface area contributed by atoms with E-state index in [0.717, 1.165) is 38.0 Å². The highest BCUT2D eigenvalue weighted by Gasteiger charge is 2.23. The number of rotatable bonds is 4. The molecule has 2 rings (SSSR count). The van der Waals surface area contributed by atoms with Gasteiger partial charge in [0.1, 0.15) is 5.75 Å². The number of hydrogen-bond acceptors (Lipinski definition) is 2. The van der Waals surface area contributed by atoms with Crippen molar-refractivity contribution in [3.63, 3.8) is 0 Å². The van der Waals surface area contributed by atoms with E-state index in [9.17, 15) is 8.78 Å². The van der Waals surface area contributed by atoms with Gasteiger partial charge in [0.2, 0.25) is 0 Å². The van der Waals surface area contributed by atoms with Gasteiger partial charge in [-0.15, -0.1) is 0 Å². The van der Waals surface area contributed by atoms with E-state index in [4.69, 9.17) is 11.6 Å². The minimum Gasteiger partial charge on any atom is -0.433 e. The lowest BCUT2D eigenvalue weighted by molar-refractivity contribution is -0.0498. The molecule has 0 aliphatic carbocycles. The van der Waals surface area contributed by atoms with Crippen LogP contribution in [0.15, 0.2) is 18.2 Å². The Bertz CT molecular complexity index is 420. The van der Waals surface area contributed by atoms with Crippen molar-refractivity contribution in [2.24, 2.45) is 0 Å². The van der Waals surface area contributed by atoms with Gasteiger partial charge in [-0.1, -0.05) is 30.7 Å². The van der Waals surface area contributed by atoms with Gasteiger partial charge < -0.3 is 9.64 Å². The van der Waals surface area contributed by atoms with E-state index in [1.165, 1.54) is 6.07 Å². The fraction of sp³-hybridized carbons (Fsp3) is 0.571. The molecule has 19 heavy (non-hydrogen) atoms. The Balaban J connectivity index is 2.12. The molecule has 1 fully saturated rings. The van der Waals surface area contributed by atoms with Crippen molar-refractivity contribution in [3.05, 3.63) is 28.8 Å². The highest BCUT2D eigenvalue weighted by molar-refractivity contribution is 6.32. The molecule has 0 aromatic heterocycles. The molecule has 0 bridgehead atoms. The lowest BCUT2D eigenvalue weighted by Gasteiger charge is -2.31. The topological polar surface area (TPSA) is 12.5 Å². The van der Waals surface area contributed by atoms with Crippen LogP contribution in [0.2, 0.25) is 5.02 Å². The van der Waals surface area contributed by atoms with Crippen LogP contribution >= 0.6 is 11.6 Å². The Hall–Kier alpha value is -0.870. The zero-order valence-corrected chi connectivity index (χ0v) is 11.7. The van der Waals surface area contributed by atoms with Crippen molar-refractivity contribution < 1.29 is 13.5 Å². The molecule has 0 saturated carbocycles. The maximum absolute atomic E-state index is 12.3. The SMILES string of the molecule is CCN1CCC(c2cccc(OC(F)F)c2Cl)CC1. The Kier molecular flexibility index (Phi) is 4.99. The van der Waals surface area contributed by atoms with Gasteiger partial charge in [0, 0.05) is 0 Å². The van der Waals surface area contributed by atoms with Gasteiger partial charge in [0.25, 0.3) is 0 Å².